The molecule has 0 aliphatic rings. The number of benzene rings is 1. The van der Waals surface area contributed by atoms with Gasteiger partial charge in [0.1, 0.15) is 16.4 Å². The second kappa shape index (κ2) is 5.56. The van der Waals surface area contributed by atoms with Crippen molar-refractivity contribution in [2.24, 2.45) is 0 Å². The Morgan fingerprint density at radius 2 is 1.79 bits per heavy atom. The molecule has 3 aromatic rings. The molecule has 1 aromatic carbocycles. The van der Waals surface area contributed by atoms with Gasteiger partial charge in [0.05, 0.1) is 9.99 Å². The molecule has 0 saturated heterocycles. The summed E-state index contributed by atoms with van der Waals surface area (Å²) < 4.78 is 1.88. The molecule has 0 aliphatic carbocycles. The zero-order valence-electron chi connectivity index (χ0n) is 9.55. The van der Waals surface area contributed by atoms with Crippen LogP contribution in [0.3, 0.4) is 0 Å². The van der Waals surface area contributed by atoms with E-state index in [1.165, 1.54) is 11.8 Å². The summed E-state index contributed by atoms with van der Waals surface area (Å²) in [4.78, 5) is 13.0. The van der Waals surface area contributed by atoms with Crippen LogP contribution in [0.4, 0.5) is 0 Å². The fraction of sp³-hybridized carbons (Fsp3) is 0. The highest BCUT2D eigenvalue weighted by Gasteiger charge is 2.09. The van der Waals surface area contributed by atoms with Crippen LogP contribution in [0.5, 0.6) is 0 Å². The maximum Gasteiger partial charge on any atom is 0.117 e. The van der Waals surface area contributed by atoms with E-state index >= 15 is 0 Å². The van der Waals surface area contributed by atoms with Crippen molar-refractivity contribution in [1.29, 1.82) is 0 Å². The van der Waals surface area contributed by atoms with E-state index < -0.39 is 0 Å². The third kappa shape index (κ3) is 2.80. The van der Waals surface area contributed by atoms with Gasteiger partial charge >= 0.3 is 0 Å². The molecule has 0 N–H and O–H groups in total. The maximum atomic E-state index is 4.39. The molecule has 0 fully saturated rings. The molecule has 2 heterocycles. The molecule has 0 aliphatic heterocycles. The van der Waals surface area contributed by atoms with E-state index in [2.05, 4.69) is 46.8 Å². The molecule has 19 heavy (non-hydrogen) atoms. The summed E-state index contributed by atoms with van der Waals surface area (Å²) in [6, 6.07) is 9.92. The van der Waals surface area contributed by atoms with E-state index in [1.54, 1.807) is 12.5 Å². The highest BCUT2D eigenvalue weighted by atomic mass is 79.9. The van der Waals surface area contributed by atoms with Crippen LogP contribution in [-0.2, 0) is 0 Å². The number of rotatable bonds is 2. The van der Waals surface area contributed by atoms with Gasteiger partial charge in [-0.05, 0) is 55.8 Å². The molecule has 0 saturated carbocycles. The van der Waals surface area contributed by atoms with E-state index in [0.29, 0.717) is 0 Å². The first-order valence-electron chi connectivity index (χ1n) is 5.43. The highest BCUT2D eigenvalue weighted by Crippen LogP contribution is 2.34. The third-order valence-electron chi connectivity index (χ3n) is 2.47. The number of pyridine rings is 1. The Morgan fingerprint density at radius 3 is 2.63 bits per heavy atom. The lowest BCUT2D eigenvalue weighted by Crippen LogP contribution is -1.88. The SMILES string of the molecule is Brc1cnc(Sc2ncnc3ccccc23)c(Br)c1. The number of fused-ring (bicyclic) bond motifs is 1. The minimum absolute atomic E-state index is 0.882. The fourth-order valence-corrected chi connectivity index (χ4v) is 3.69. The zero-order chi connectivity index (χ0) is 13.2. The van der Waals surface area contributed by atoms with Gasteiger partial charge in [-0.3, -0.25) is 0 Å². The highest BCUT2D eigenvalue weighted by molar-refractivity contribution is 9.11. The van der Waals surface area contributed by atoms with Crippen molar-refractivity contribution in [1.82, 2.24) is 15.0 Å². The average molecular weight is 397 g/mol. The van der Waals surface area contributed by atoms with Crippen molar-refractivity contribution in [2.75, 3.05) is 0 Å². The molecule has 3 rings (SSSR count). The van der Waals surface area contributed by atoms with Crippen LogP contribution in [0.15, 0.2) is 61.9 Å². The lowest BCUT2D eigenvalue weighted by atomic mass is 10.2. The number of aromatic nitrogens is 3. The van der Waals surface area contributed by atoms with Crippen LogP contribution in [0.1, 0.15) is 0 Å². The Bertz CT molecular complexity index is 744. The number of hydrogen-bond donors (Lipinski definition) is 0. The van der Waals surface area contributed by atoms with Crippen LogP contribution < -0.4 is 0 Å². The second-order valence-electron chi connectivity index (χ2n) is 3.74. The molecule has 3 nitrogen and oxygen atoms in total. The van der Waals surface area contributed by atoms with Gasteiger partial charge in [-0.25, -0.2) is 15.0 Å². The number of para-hydroxylation sites is 1. The molecule has 0 amide bonds. The molecule has 6 heteroatoms. The van der Waals surface area contributed by atoms with Gasteiger partial charge in [0, 0.05) is 16.1 Å². The molecule has 94 valence electrons. The van der Waals surface area contributed by atoms with Crippen molar-refractivity contribution in [3.8, 4) is 0 Å². The van der Waals surface area contributed by atoms with Gasteiger partial charge in [-0.2, -0.15) is 0 Å². The predicted molar refractivity (Wildman–Crippen MR) is 83.3 cm³/mol. The minimum Gasteiger partial charge on any atom is -0.247 e. The lowest BCUT2D eigenvalue weighted by Gasteiger charge is -2.05. The lowest BCUT2D eigenvalue weighted by molar-refractivity contribution is 1.06. The minimum atomic E-state index is 0.882. The van der Waals surface area contributed by atoms with Gasteiger partial charge in [0.25, 0.3) is 0 Å². The summed E-state index contributed by atoms with van der Waals surface area (Å²) in [6.45, 7) is 0. The molecule has 0 atom stereocenters. The van der Waals surface area contributed by atoms with Gasteiger partial charge in [0.2, 0.25) is 0 Å². The van der Waals surface area contributed by atoms with E-state index in [0.717, 1.165) is 29.9 Å². The van der Waals surface area contributed by atoms with E-state index in [4.69, 9.17) is 0 Å². The van der Waals surface area contributed by atoms with Crippen LogP contribution in [-0.4, -0.2) is 15.0 Å². The van der Waals surface area contributed by atoms with Gasteiger partial charge in [-0.1, -0.05) is 18.2 Å². The molecular formula is C13H7Br2N3S. The normalized spacial score (nSPS) is 10.8. The molecule has 0 unspecified atom stereocenters. The number of nitrogens with zero attached hydrogens (tertiary/aromatic N) is 3. The molecule has 2 aromatic heterocycles. The standard InChI is InChI=1S/C13H7Br2N3S/c14-8-5-10(15)13(16-6-8)19-12-9-3-1-2-4-11(9)17-7-18-12/h1-7H. The molecule has 0 radical (unpaired) electrons. The summed E-state index contributed by atoms with van der Waals surface area (Å²) in [5.74, 6) is 0. The van der Waals surface area contributed by atoms with E-state index in [1.807, 2.05) is 30.3 Å². The molecular weight excluding hydrogens is 390 g/mol. The smallest absolute Gasteiger partial charge is 0.117 e. The Morgan fingerprint density at radius 1 is 0.947 bits per heavy atom. The van der Waals surface area contributed by atoms with Crippen molar-refractivity contribution >= 4 is 54.5 Å². The van der Waals surface area contributed by atoms with E-state index in [9.17, 15) is 0 Å². The predicted octanol–water partition coefficient (Wildman–Crippen LogP) is 4.70. The Kier molecular flexibility index (Phi) is 3.81. The summed E-state index contributed by atoms with van der Waals surface area (Å²) in [6.07, 6.45) is 3.36. The van der Waals surface area contributed by atoms with Crippen molar-refractivity contribution < 1.29 is 0 Å². The summed E-state index contributed by atoms with van der Waals surface area (Å²) in [5, 5.41) is 2.82. The van der Waals surface area contributed by atoms with Crippen molar-refractivity contribution in [3.63, 3.8) is 0 Å². The van der Waals surface area contributed by atoms with Crippen LogP contribution in [0.2, 0.25) is 0 Å². The molecule has 0 spiro atoms. The first-order chi connectivity index (χ1) is 9.24. The van der Waals surface area contributed by atoms with Crippen LogP contribution >= 0.6 is 43.6 Å². The Hall–Kier alpha value is -0.980. The van der Waals surface area contributed by atoms with Crippen LogP contribution in [0.25, 0.3) is 10.9 Å². The number of halogens is 2. The van der Waals surface area contributed by atoms with Gasteiger partial charge < -0.3 is 0 Å². The number of hydrogen-bond acceptors (Lipinski definition) is 4. The average Bonchev–Trinajstić information content (AvgIpc) is 2.42. The molecule has 0 bridgehead atoms. The monoisotopic (exact) mass is 395 g/mol. The van der Waals surface area contributed by atoms with Crippen molar-refractivity contribution in [2.45, 2.75) is 10.1 Å². The quantitative estimate of drug-likeness (QED) is 0.588. The van der Waals surface area contributed by atoms with Crippen molar-refractivity contribution in [3.05, 3.63) is 51.8 Å². The summed E-state index contributed by atoms with van der Waals surface area (Å²) in [5.41, 5.74) is 0.938. The van der Waals surface area contributed by atoms with E-state index in [-0.39, 0.29) is 0 Å². The largest absolute Gasteiger partial charge is 0.247 e. The second-order valence-corrected chi connectivity index (χ2v) is 6.49. The Balaban J connectivity index is 2.06. The topological polar surface area (TPSA) is 38.7 Å². The summed E-state index contributed by atoms with van der Waals surface area (Å²) in [7, 11) is 0. The summed E-state index contributed by atoms with van der Waals surface area (Å²) >= 11 is 8.43. The maximum absolute atomic E-state index is 4.39. The Labute approximate surface area is 131 Å². The first-order valence-corrected chi connectivity index (χ1v) is 7.83. The van der Waals surface area contributed by atoms with Gasteiger partial charge in [0.15, 0.2) is 0 Å². The fourth-order valence-electron chi connectivity index (χ4n) is 1.63. The zero-order valence-corrected chi connectivity index (χ0v) is 13.5. The van der Waals surface area contributed by atoms with Gasteiger partial charge in [-0.15, -0.1) is 0 Å². The third-order valence-corrected chi connectivity index (χ3v) is 4.81. The first kappa shape index (κ1) is 13.0. The van der Waals surface area contributed by atoms with Crippen LogP contribution in [0, 0.1) is 0 Å².